The Hall–Kier alpha value is -1.57. The highest BCUT2D eigenvalue weighted by atomic mass is 16.3. The quantitative estimate of drug-likeness (QED) is 0.761. The second-order valence-corrected chi connectivity index (χ2v) is 5.75. The first kappa shape index (κ1) is 15.8. The molecule has 2 aliphatic rings. The van der Waals surface area contributed by atoms with Crippen molar-refractivity contribution in [1.82, 2.24) is 4.90 Å². The van der Waals surface area contributed by atoms with E-state index in [-0.39, 0.29) is 13.2 Å². The van der Waals surface area contributed by atoms with E-state index < -0.39 is 0 Å². The average molecular weight is 288 g/mol. The molecule has 0 saturated heterocycles. The summed E-state index contributed by atoms with van der Waals surface area (Å²) < 4.78 is 0. The first-order valence-corrected chi connectivity index (χ1v) is 7.68. The highest BCUT2D eigenvalue weighted by molar-refractivity contribution is 5.43. The number of rotatable bonds is 5. The van der Waals surface area contributed by atoms with E-state index in [0.29, 0.717) is 19.0 Å². The number of hydrogen-bond acceptors (Lipinski definition) is 4. The van der Waals surface area contributed by atoms with Gasteiger partial charge in [0.25, 0.3) is 0 Å². The molecule has 0 fully saturated rings. The third kappa shape index (κ3) is 3.75. The standard InChI is InChI=1S/C17H24N2O2/c1-13(12-18)15-3-2-14-4-5-17(11-16(14)10-15)19(6-8-20)7-9-21/h10-11,14,20-21H,2-9H2,1H3. The molecular formula is C17H24N2O2. The average Bonchev–Trinajstić information content (AvgIpc) is 2.52. The maximum atomic E-state index is 9.16. The molecule has 2 aliphatic carbocycles. The van der Waals surface area contributed by atoms with Gasteiger partial charge < -0.3 is 15.1 Å². The van der Waals surface area contributed by atoms with Gasteiger partial charge in [0.15, 0.2) is 0 Å². The second-order valence-electron chi connectivity index (χ2n) is 5.75. The smallest absolute Gasteiger partial charge is 0.0946 e. The van der Waals surface area contributed by atoms with Crippen LogP contribution in [0.3, 0.4) is 0 Å². The number of allylic oxidation sites excluding steroid dienone is 6. The zero-order valence-corrected chi connectivity index (χ0v) is 12.7. The van der Waals surface area contributed by atoms with Gasteiger partial charge in [-0.1, -0.05) is 6.08 Å². The second kappa shape index (κ2) is 7.44. The van der Waals surface area contributed by atoms with Gasteiger partial charge in [-0.05, 0) is 55.7 Å². The lowest BCUT2D eigenvalue weighted by Crippen LogP contribution is -2.31. The molecule has 1 unspecified atom stereocenters. The number of fused-ring (bicyclic) bond motifs is 1. The molecule has 0 amide bonds. The zero-order valence-electron chi connectivity index (χ0n) is 12.7. The molecule has 2 N–H and O–H groups in total. The zero-order chi connectivity index (χ0) is 15.2. The summed E-state index contributed by atoms with van der Waals surface area (Å²) in [6.45, 7) is 3.19. The van der Waals surface area contributed by atoms with E-state index >= 15 is 0 Å². The molecule has 2 rings (SSSR count). The summed E-state index contributed by atoms with van der Waals surface area (Å²) in [5.74, 6) is 0.592. The van der Waals surface area contributed by atoms with Gasteiger partial charge >= 0.3 is 0 Å². The monoisotopic (exact) mass is 288 g/mol. The van der Waals surface area contributed by atoms with Crippen molar-refractivity contribution in [3.8, 4) is 6.07 Å². The van der Waals surface area contributed by atoms with Crippen molar-refractivity contribution in [2.75, 3.05) is 26.3 Å². The van der Waals surface area contributed by atoms with Crippen molar-refractivity contribution in [3.05, 3.63) is 34.6 Å². The van der Waals surface area contributed by atoms with Crippen molar-refractivity contribution in [1.29, 1.82) is 5.26 Å². The van der Waals surface area contributed by atoms with Crippen molar-refractivity contribution in [2.45, 2.75) is 32.6 Å². The van der Waals surface area contributed by atoms with Crippen LogP contribution >= 0.6 is 0 Å². The van der Waals surface area contributed by atoms with Crippen molar-refractivity contribution in [2.24, 2.45) is 5.92 Å². The van der Waals surface area contributed by atoms with Crippen LogP contribution in [0.1, 0.15) is 32.6 Å². The predicted molar refractivity (Wildman–Crippen MR) is 82.2 cm³/mol. The molecule has 0 radical (unpaired) electrons. The van der Waals surface area contributed by atoms with Crippen molar-refractivity contribution >= 4 is 0 Å². The number of aliphatic hydroxyl groups is 2. The third-order valence-electron chi connectivity index (χ3n) is 4.45. The van der Waals surface area contributed by atoms with Gasteiger partial charge in [0, 0.05) is 24.4 Å². The van der Waals surface area contributed by atoms with Crippen LogP contribution in [0.2, 0.25) is 0 Å². The molecule has 4 heteroatoms. The van der Waals surface area contributed by atoms with Gasteiger partial charge in [-0.3, -0.25) is 0 Å². The van der Waals surface area contributed by atoms with Crippen molar-refractivity contribution < 1.29 is 10.2 Å². The highest BCUT2D eigenvalue weighted by Gasteiger charge is 2.25. The molecule has 0 aromatic carbocycles. The van der Waals surface area contributed by atoms with Gasteiger partial charge in [-0.15, -0.1) is 0 Å². The fourth-order valence-corrected chi connectivity index (χ4v) is 3.20. The van der Waals surface area contributed by atoms with E-state index in [1.807, 2.05) is 6.92 Å². The van der Waals surface area contributed by atoms with Gasteiger partial charge in [-0.25, -0.2) is 0 Å². The minimum absolute atomic E-state index is 0.0957. The minimum Gasteiger partial charge on any atom is -0.395 e. The van der Waals surface area contributed by atoms with E-state index in [9.17, 15) is 0 Å². The Balaban J connectivity index is 2.26. The van der Waals surface area contributed by atoms with E-state index in [2.05, 4.69) is 23.1 Å². The SMILES string of the molecule is CC(C#N)=C1C=C2C=C(N(CCO)CCO)CCC2CC1. The first-order valence-electron chi connectivity index (χ1n) is 7.68. The number of nitrogens with zero attached hydrogens (tertiary/aromatic N) is 2. The molecule has 4 nitrogen and oxygen atoms in total. The highest BCUT2D eigenvalue weighted by Crippen LogP contribution is 2.38. The molecule has 0 bridgehead atoms. The van der Waals surface area contributed by atoms with Crippen LogP contribution in [-0.4, -0.2) is 41.4 Å². The number of nitriles is 1. The first-order chi connectivity index (χ1) is 10.2. The molecule has 114 valence electrons. The lowest BCUT2D eigenvalue weighted by Gasteiger charge is -2.34. The fraction of sp³-hybridized carbons (Fsp3) is 0.588. The Bertz CT molecular complexity index is 505. The summed E-state index contributed by atoms with van der Waals surface area (Å²) in [6, 6.07) is 2.24. The number of hydrogen-bond donors (Lipinski definition) is 2. The Morgan fingerprint density at radius 3 is 2.52 bits per heavy atom. The molecule has 0 heterocycles. The van der Waals surface area contributed by atoms with Crippen LogP contribution in [0.5, 0.6) is 0 Å². The molecule has 0 aromatic heterocycles. The van der Waals surface area contributed by atoms with Crippen LogP contribution in [-0.2, 0) is 0 Å². The predicted octanol–water partition coefficient (Wildman–Crippen LogP) is 2.13. The minimum atomic E-state index is 0.0957. The molecule has 21 heavy (non-hydrogen) atoms. The van der Waals surface area contributed by atoms with Gasteiger partial charge in [0.2, 0.25) is 0 Å². The summed E-state index contributed by atoms with van der Waals surface area (Å²) in [7, 11) is 0. The summed E-state index contributed by atoms with van der Waals surface area (Å²) in [5, 5.41) is 27.4. The lowest BCUT2D eigenvalue weighted by atomic mass is 9.78. The Morgan fingerprint density at radius 1 is 1.24 bits per heavy atom. The van der Waals surface area contributed by atoms with E-state index in [0.717, 1.165) is 36.8 Å². The summed E-state index contributed by atoms with van der Waals surface area (Å²) >= 11 is 0. The largest absolute Gasteiger partial charge is 0.395 e. The van der Waals surface area contributed by atoms with Crippen LogP contribution in [0.25, 0.3) is 0 Å². The molecule has 0 saturated carbocycles. The Labute approximate surface area is 126 Å². The molecule has 0 spiro atoms. The normalized spacial score (nSPS) is 23.6. The van der Waals surface area contributed by atoms with E-state index in [1.165, 1.54) is 11.3 Å². The Morgan fingerprint density at radius 2 is 1.90 bits per heavy atom. The van der Waals surface area contributed by atoms with E-state index in [1.54, 1.807) is 0 Å². The maximum Gasteiger partial charge on any atom is 0.0946 e. The molecule has 0 aromatic rings. The number of aliphatic hydroxyl groups excluding tert-OH is 2. The Kier molecular flexibility index (Phi) is 5.60. The van der Waals surface area contributed by atoms with Gasteiger partial charge in [0.05, 0.1) is 19.3 Å². The fourth-order valence-electron chi connectivity index (χ4n) is 3.20. The van der Waals surface area contributed by atoms with Crippen molar-refractivity contribution in [3.63, 3.8) is 0 Å². The molecule has 0 aliphatic heterocycles. The summed E-state index contributed by atoms with van der Waals surface area (Å²) in [6.07, 6.45) is 8.59. The van der Waals surface area contributed by atoms with Crippen LogP contribution in [0.4, 0.5) is 0 Å². The van der Waals surface area contributed by atoms with Gasteiger partial charge in [-0.2, -0.15) is 5.26 Å². The summed E-state index contributed by atoms with van der Waals surface area (Å²) in [4.78, 5) is 2.06. The topological polar surface area (TPSA) is 67.5 Å². The molecule has 1 atom stereocenters. The van der Waals surface area contributed by atoms with Crippen LogP contribution in [0.15, 0.2) is 34.6 Å². The lowest BCUT2D eigenvalue weighted by molar-refractivity contribution is 0.182. The van der Waals surface area contributed by atoms with Crippen LogP contribution < -0.4 is 0 Å². The maximum absolute atomic E-state index is 9.16. The van der Waals surface area contributed by atoms with Gasteiger partial charge in [0.1, 0.15) is 0 Å². The summed E-state index contributed by atoms with van der Waals surface area (Å²) in [5.41, 5.74) is 4.45. The third-order valence-corrected chi connectivity index (χ3v) is 4.45. The van der Waals surface area contributed by atoms with E-state index in [4.69, 9.17) is 15.5 Å². The van der Waals surface area contributed by atoms with Crippen LogP contribution in [0, 0.1) is 17.2 Å². The molecular weight excluding hydrogens is 264 g/mol.